The minimum Gasteiger partial charge on any atom is -0.493 e. The molecule has 0 amide bonds. The Bertz CT molecular complexity index is 340. The van der Waals surface area contributed by atoms with Crippen molar-refractivity contribution < 1.29 is 9.53 Å². The second kappa shape index (κ2) is 4.47. The first-order valence-electron chi connectivity index (χ1n) is 5.46. The highest BCUT2D eigenvalue weighted by Gasteiger charge is 2.25. The van der Waals surface area contributed by atoms with Gasteiger partial charge in [0.2, 0.25) is 0 Å². The number of ether oxygens (including phenoxy) is 1. The van der Waals surface area contributed by atoms with E-state index in [0.29, 0.717) is 11.5 Å². The molecule has 1 fully saturated rings. The van der Waals surface area contributed by atoms with E-state index in [2.05, 4.69) is 6.92 Å². The summed E-state index contributed by atoms with van der Waals surface area (Å²) in [5.74, 6) is 2.37. The van der Waals surface area contributed by atoms with Crippen LogP contribution in [-0.2, 0) is 0 Å². The highest BCUT2D eigenvalue weighted by atomic mass is 16.5. The number of hydrogen-bond acceptors (Lipinski definition) is 2. The molecule has 0 spiro atoms. The van der Waals surface area contributed by atoms with Gasteiger partial charge in [-0.2, -0.15) is 0 Å². The third kappa shape index (κ3) is 2.58. The summed E-state index contributed by atoms with van der Waals surface area (Å²) in [4.78, 5) is 10.6. The van der Waals surface area contributed by atoms with E-state index in [0.717, 1.165) is 24.6 Å². The predicted molar refractivity (Wildman–Crippen MR) is 59.2 cm³/mol. The molecule has 0 saturated heterocycles. The first kappa shape index (κ1) is 10.2. The number of aldehydes is 1. The highest BCUT2D eigenvalue weighted by molar-refractivity contribution is 5.75. The van der Waals surface area contributed by atoms with Gasteiger partial charge in [0.25, 0.3) is 0 Å². The lowest BCUT2D eigenvalue weighted by molar-refractivity contribution is 0.112. The van der Waals surface area contributed by atoms with E-state index in [9.17, 15) is 4.79 Å². The molecule has 1 saturated carbocycles. The highest BCUT2D eigenvalue weighted by Crippen LogP contribution is 2.33. The Kier molecular flexibility index (Phi) is 3.05. The minimum absolute atomic E-state index is 0.675. The number of benzene rings is 1. The molecular weight excluding hydrogens is 188 g/mol. The Labute approximate surface area is 90.3 Å². The van der Waals surface area contributed by atoms with Gasteiger partial charge in [0.05, 0.1) is 6.61 Å². The average Bonchev–Trinajstić information content (AvgIpc) is 2.23. The van der Waals surface area contributed by atoms with Gasteiger partial charge in [-0.1, -0.05) is 19.1 Å². The Morgan fingerprint density at radius 2 is 2.27 bits per heavy atom. The van der Waals surface area contributed by atoms with Crippen molar-refractivity contribution in [1.82, 2.24) is 0 Å². The van der Waals surface area contributed by atoms with Crippen molar-refractivity contribution in [2.75, 3.05) is 6.61 Å². The van der Waals surface area contributed by atoms with Crippen LogP contribution in [0, 0.1) is 11.8 Å². The Hall–Kier alpha value is -1.31. The molecule has 0 atom stereocenters. The van der Waals surface area contributed by atoms with Crippen molar-refractivity contribution in [2.24, 2.45) is 11.8 Å². The fraction of sp³-hybridized carbons (Fsp3) is 0.462. The molecule has 1 aliphatic carbocycles. The first-order valence-corrected chi connectivity index (χ1v) is 5.46. The van der Waals surface area contributed by atoms with Crippen LogP contribution in [0.15, 0.2) is 24.3 Å². The van der Waals surface area contributed by atoms with Gasteiger partial charge < -0.3 is 4.74 Å². The van der Waals surface area contributed by atoms with Crippen LogP contribution in [0.4, 0.5) is 0 Å². The van der Waals surface area contributed by atoms with Crippen molar-refractivity contribution in [3.8, 4) is 5.75 Å². The van der Waals surface area contributed by atoms with E-state index >= 15 is 0 Å². The monoisotopic (exact) mass is 204 g/mol. The summed E-state index contributed by atoms with van der Waals surface area (Å²) in [6.07, 6.45) is 3.39. The van der Waals surface area contributed by atoms with Crippen LogP contribution in [0.3, 0.4) is 0 Å². The molecule has 0 heterocycles. The number of carbonyl (C=O) groups excluding carboxylic acids is 1. The molecule has 2 heteroatoms. The molecule has 0 bridgehead atoms. The van der Waals surface area contributed by atoms with Crippen molar-refractivity contribution in [2.45, 2.75) is 19.8 Å². The van der Waals surface area contributed by atoms with E-state index in [-0.39, 0.29) is 0 Å². The zero-order valence-electron chi connectivity index (χ0n) is 8.98. The lowest BCUT2D eigenvalue weighted by Gasteiger charge is -2.32. The summed E-state index contributed by atoms with van der Waals surface area (Å²) in [6, 6.07) is 7.32. The molecule has 0 aromatic heterocycles. The molecular formula is C13H16O2. The van der Waals surface area contributed by atoms with Crippen molar-refractivity contribution >= 4 is 6.29 Å². The average molecular weight is 204 g/mol. The molecule has 2 nitrogen and oxygen atoms in total. The van der Waals surface area contributed by atoms with Crippen molar-refractivity contribution in [3.63, 3.8) is 0 Å². The van der Waals surface area contributed by atoms with Gasteiger partial charge in [-0.15, -0.1) is 0 Å². The van der Waals surface area contributed by atoms with Crippen LogP contribution in [0.1, 0.15) is 30.1 Å². The molecule has 0 unspecified atom stereocenters. The fourth-order valence-corrected chi connectivity index (χ4v) is 2.10. The van der Waals surface area contributed by atoms with Crippen LogP contribution in [-0.4, -0.2) is 12.9 Å². The van der Waals surface area contributed by atoms with E-state index in [1.165, 1.54) is 12.8 Å². The second-order valence-electron chi connectivity index (χ2n) is 4.44. The summed E-state index contributed by atoms with van der Waals surface area (Å²) >= 11 is 0. The maximum absolute atomic E-state index is 10.6. The molecule has 2 rings (SSSR count). The Morgan fingerprint density at radius 3 is 2.93 bits per heavy atom. The molecule has 0 radical (unpaired) electrons. The Balaban J connectivity index is 1.85. The summed E-state index contributed by atoms with van der Waals surface area (Å²) in [5.41, 5.74) is 0.675. The van der Waals surface area contributed by atoms with Gasteiger partial charge in [-0.3, -0.25) is 4.79 Å². The quantitative estimate of drug-likeness (QED) is 0.705. The predicted octanol–water partition coefficient (Wildman–Crippen LogP) is 2.92. The van der Waals surface area contributed by atoms with Gasteiger partial charge >= 0.3 is 0 Å². The number of carbonyl (C=O) groups is 1. The van der Waals surface area contributed by atoms with Crippen LogP contribution < -0.4 is 4.74 Å². The van der Waals surface area contributed by atoms with Gasteiger partial charge in [-0.25, -0.2) is 0 Å². The van der Waals surface area contributed by atoms with Crippen LogP contribution in [0.5, 0.6) is 5.75 Å². The maximum Gasteiger partial charge on any atom is 0.150 e. The molecule has 15 heavy (non-hydrogen) atoms. The van der Waals surface area contributed by atoms with Gasteiger partial charge in [-0.05, 0) is 36.8 Å². The summed E-state index contributed by atoms with van der Waals surface area (Å²) in [5, 5.41) is 0. The smallest absolute Gasteiger partial charge is 0.150 e. The largest absolute Gasteiger partial charge is 0.493 e. The number of rotatable bonds is 4. The maximum atomic E-state index is 10.6. The normalized spacial score (nSPS) is 24.3. The third-order valence-corrected chi connectivity index (χ3v) is 2.95. The number of hydrogen-bond donors (Lipinski definition) is 0. The molecule has 0 aliphatic heterocycles. The second-order valence-corrected chi connectivity index (χ2v) is 4.44. The summed E-state index contributed by atoms with van der Waals surface area (Å²) < 4.78 is 5.64. The van der Waals surface area contributed by atoms with Gasteiger partial charge in [0.1, 0.15) is 12.0 Å². The minimum atomic E-state index is 0.675. The molecule has 1 aromatic rings. The van der Waals surface area contributed by atoms with E-state index in [1.54, 1.807) is 12.1 Å². The van der Waals surface area contributed by atoms with Crippen LogP contribution in [0.25, 0.3) is 0 Å². The Morgan fingerprint density at radius 1 is 1.47 bits per heavy atom. The SMILES string of the molecule is CC1CC(COc2cccc(C=O)c2)C1. The van der Waals surface area contributed by atoms with E-state index in [1.807, 2.05) is 12.1 Å². The zero-order valence-corrected chi connectivity index (χ0v) is 8.98. The van der Waals surface area contributed by atoms with E-state index in [4.69, 9.17) is 4.74 Å². The standard InChI is InChI=1S/C13H16O2/c1-10-5-12(6-10)9-15-13-4-2-3-11(7-13)8-14/h2-4,7-8,10,12H,5-6,9H2,1H3. The lowest BCUT2D eigenvalue weighted by atomic mass is 9.77. The molecule has 1 aromatic carbocycles. The van der Waals surface area contributed by atoms with Crippen molar-refractivity contribution in [3.05, 3.63) is 29.8 Å². The first-order chi connectivity index (χ1) is 7.28. The summed E-state index contributed by atoms with van der Waals surface area (Å²) in [6.45, 7) is 3.05. The van der Waals surface area contributed by atoms with Crippen LogP contribution >= 0.6 is 0 Å². The molecule has 1 aliphatic rings. The fourth-order valence-electron chi connectivity index (χ4n) is 2.10. The zero-order chi connectivity index (χ0) is 10.7. The topological polar surface area (TPSA) is 26.3 Å². The van der Waals surface area contributed by atoms with E-state index < -0.39 is 0 Å². The van der Waals surface area contributed by atoms with Gasteiger partial charge in [0, 0.05) is 5.56 Å². The third-order valence-electron chi connectivity index (χ3n) is 2.95. The van der Waals surface area contributed by atoms with Crippen molar-refractivity contribution in [1.29, 1.82) is 0 Å². The summed E-state index contributed by atoms with van der Waals surface area (Å²) in [7, 11) is 0. The van der Waals surface area contributed by atoms with Gasteiger partial charge in [0.15, 0.2) is 0 Å². The molecule has 80 valence electrons. The van der Waals surface area contributed by atoms with Crippen LogP contribution in [0.2, 0.25) is 0 Å². The lowest BCUT2D eigenvalue weighted by Crippen LogP contribution is -2.26. The molecule has 0 N–H and O–H groups in total.